The summed E-state index contributed by atoms with van der Waals surface area (Å²) in [7, 11) is 0. The maximum atomic E-state index is 10.7. The molecule has 0 spiro atoms. The Morgan fingerprint density at radius 3 is 2.84 bits per heavy atom. The van der Waals surface area contributed by atoms with Gasteiger partial charge in [0.1, 0.15) is 12.8 Å². The molecule has 2 aromatic rings. The monoisotopic (exact) mass is 262 g/mol. The number of nitrogen functional groups attached to an aromatic ring is 1. The smallest absolute Gasteiger partial charge is 0.406 e. The standard InChI is InChI=1S/C10H10N6O3/c11-15-9-5-13-7(4-14-9)6-19-8-2-1-3-12-10(8)16(17)18/h1-5H,6,11H2,(H,14,15). The maximum absolute atomic E-state index is 10.7. The van der Waals surface area contributed by atoms with Crippen LogP contribution in [0.2, 0.25) is 0 Å². The fourth-order valence-corrected chi connectivity index (χ4v) is 1.29. The van der Waals surface area contributed by atoms with Crippen molar-refractivity contribution in [2.24, 2.45) is 5.84 Å². The van der Waals surface area contributed by atoms with Crippen molar-refractivity contribution in [1.82, 2.24) is 15.0 Å². The van der Waals surface area contributed by atoms with E-state index in [-0.39, 0.29) is 18.2 Å². The average molecular weight is 262 g/mol. The fraction of sp³-hybridized carbons (Fsp3) is 0.100. The second-order valence-corrected chi connectivity index (χ2v) is 3.41. The summed E-state index contributed by atoms with van der Waals surface area (Å²) < 4.78 is 5.30. The van der Waals surface area contributed by atoms with E-state index in [0.717, 1.165) is 0 Å². The number of hydrogen-bond donors (Lipinski definition) is 2. The number of nitrogens with one attached hydrogen (secondary N) is 1. The van der Waals surface area contributed by atoms with E-state index < -0.39 is 4.92 Å². The van der Waals surface area contributed by atoms with Crippen LogP contribution in [0.3, 0.4) is 0 Å². The molecule has 0 bridgehead atoms. The molecule has 98 valence electrons. The van der Waals surface area contributed by atoms with Gasteiger partial charge in [0.25, 0.3) is 0 Å². The Hall–Kier alpha value is -2.81. The van der Waals surface area contributed by atoms with Gasteiger partial charge in [-0.1, -0.05) is 0 Å². The summed E-state index contributed by atoms with van der Waals surface area (Å²) in [4.78, 5) is 21.7. The topological polar surface area (TPSA) is 129 Å². The van der Waals surface area contributed by atoms with Gasteiger partial charge in [-0.2, -0.15) is 0 Å². The zero-order chi connectivity index (χ0) is 13.7. The highest BCUT2D eigenvalue weighted by molar-refractivity contribution is 5.38. The first-order valence-electron chi connectivity index (χ1n) is 5.20. The number of nitrogens with two attached hydrogens (primary N) is 1. The van der Waals surface area contributed by atoms with Crippen molar-refractivity contribution in [3.63, 3.8) is 0 Å². The molecule has 19 heavy (non-hydrogen) atoms. The molecule has 2 aromatic heterocycles. The molecule has 0 saturated heterocycles. The minimum atomic E-state index is -0.609. The van der Waals surface area contributed by atoms with Gasteiger partial charge >= 0.3 is 5.82 Å². The molecule has 0 radical (unpaired) electrons. The summed E-state index contributed by atoms with van der Waals surface area (Å²) in [6, 6.07) is 3.02. The third kappa shape index (κ3) is 3.10. The lowest BCUT2D eigenvalue weighted by Gasteiger charge is -2.05. The first-order valence-corrected chi connectivity index (χ1v) is 5.20. The van der Waals surface area contributed by atoms with Gasteiger partial charge in [-0.15, -0.1) is 0 Å². The SMILES string of the molecule is NNc1cnc(COc2cccnc2[N+](=O)[O-])cn1. The molecule has 0 saturated carbocycles. The van der Waals surface area contributed by atoms with E-state index in [1.807, 2.05) is 0 Å². The van der Waals surface area contributed by atoms with Crippen LogP contribution in [0.5, 0.6) is 5.75 Å². The maximum Gasteiger partial charge on any atom is 0.406 e. The van der Waals surface area contributed by atoms with Crippen LogP contribution < -0.4 is 16.0 Å². The van der Waals surface area contributed by atoms with Crippen molar-refractivity contribution >= 4 is 11.6 Å². The van der Waals surface area contributed by atoms with Crippen LogP contribution in [0.25, 0.3) is 0 Å². The predicted octanol–water partition coefficient (Wildman–Crippen LogP) is 0.644. The van der Waals surface area contributed by atoms with Crippen molar-refractivity contribution in [3.8, 4) is 5.75 Å². The van der Waals surface area contributed by atoms with Gasteiger partial charge in [-0.05, 0) is 22.0 Å². The Kier molecular flexibility index (Phi) is 3.78. The molecule has 0 aliphatic rings. The summed E-state index contributed by atoms with van der Waals surface area (Å²) in [5.41, 5.74) is 2.85. The highest BCUT2D eigenvalue weighted by atomic mass is 16.6. The average Bonchev–Trinajstić information content (AvgIpc) is 2.46. The van der Waals surface area contributed by atoms with Crippen LogP contribution in [-0.4, -0.2) is 19.9 Å². The number of hydrazine groups is 1. The largest absolute Gasteiger partial charge is 0.479 e. The predicted molar refractivity (Wildman–Crippen MR) is 65.1 cm³/mol. The van der Waals surface area contributed by atoms with Crippen LogP contribution in [0.4, 0.5) is 11.6 Å². The molecule has 0 aliphatic heterocycles. The molecule has 0 unspecified atom stereocenters. The molecule has 3 N–H and O–H groups in total. The molecule has 9 heteroatoms. The Balaban J connectivity index is 2.07. The van der Waals surface area contributed by atoms with E-state index in [4.69, 9.17) is 10.6 Å². The van der Waals surface area contributed by atoms with Crippen LogP contribution in [-0.2, 0) is 6.61 Å². The van der Waals surface area contributed by atoms with E-state index in [0.29, 0.717) is 11.5 Å². The third-order valence-corrected chi connectivity index (χ3v) is 2.15. The molecule has 0 aliphatic carbocycles. The van der Waals surface area contributed by atoms with Gasteiger partial charge < -0.3 is 20.3 Å². The van der Waals surface area contributed by atoms with Crippen LogP contribution in [0.1, 0.15) is 5.69 Å². The van der Waals surface area contributed by atoms with Gasteiger partial charge in [0.2, 0.25) is 5.75 Å². The molecule has 2 rings (SSSR count). The summed E-state index contributed by atoms with van der Waals surface area (Å²) in [5, 5.41) is 10.7. The van der Waals surface area contributed by atoms with Gasteiger partial charge in [0, 0.05) is 0 Å². The van der Waals surface area contributed by atoms with E-state index in [1.165, 1.54) is 24.7 Å². The van der Waals surface area contributed by atoms with Gasteiger partial charge in [-0.25, -0.2) is 10.8 Å². The summed E-state index contributed by atoms with van der Waals surface area (Å²) in [5.74, 6) is 5.31. The number of pyridine rings is 1. The number of hydrogen-bond acceptors (Lipinski definition) is 8. The first kappa shape index (κ1) is 12.6. The minimum absolute atomic E-state index is 0.0460. The summed E-state index contributed by atoms with van der Waals surface area (Å²) in [6.45, 7) is 0.0460. The number of ether oxygens (including phenoxy) is 1. The molecule has 0 amide bonds. The molecule has 2 heterocycles. The van der Waals surface area contributed by atoms with Crippen molar-refractivity contribution in [3.05, 3.63) is 46.5 Å². The second-order valence-electron chi connectivity index (χ2n) is 3.41. The molecule has 9 nitrogen and oxygen atoms in total. The van der Waals surface area contributed by atoms with Gasteiger partial charge in [0.15, 0.2) is 5.82 Å². The summed E-state index contributed by atoms with van der Waals surface area (Å²) >= 11 is 0. The molecule has 0 fully saturated rings. The highest BCUT2D eigenvalue weighted by Crippen LogP contribution is 2.23. The quantitative estimate of drug-likeness (QED) is 0.456. The Labute approximate surface area is 107 Å². The zero-order valence-corrected chi connectivity index (χ0v) is 9.68. The van der Waals surface area contributed by atoms with Crippen LogP contribution >= 0.6 is 0 Å². The van der Waals surface area contributed by atoms with E-state index in [9.17, 15) is 10.1 Å². The number of rotatable bonds is 5. The van der Waals surface area contributed by atoms with Gasteiger partial charge in [0.05, 0.1) is 18.1 Å². The molecule has 0 aromatic carbocycles. The molecule has 0 atom stereocenters. The van der Waals surface area contributed by atoms with Gasteiger partial charge in [-0.3, -0.25) is 4.98 Å². The number of nitrogens with zero attached hydrogens (tertiary/aromatic N) is 4. The Bertz CT molecular complexity index is 574. The lowest BCUT2D eigenvalue weighted by Crippen LogP contribution is -2.09. The Morgan fingerprint density at radius 1 is 1.37 bits per heavy atom. The van der Waals surface area contributed by atoms with Crippen molar-refractivity contribution in [2.45, 2.75) is 6.61 Å². The highest BCUT2D eigenvalue weighted by Gasteiger charge is 2.15. The lowest BCUT2D eigenvalue weighted by atomic mass is 10.4. The second kappa shape index (κ2) is 5.69. The van der Waals surface area contributed by atoms with Crippen molar-refractivity contribution < 1.29 is 9.66 Å². The number of nitro groups is 1. The first-order chi connectivity index (χ1) is 9.20. The zero-order valence-electron chi connectivity index (χ0n) is 9.68. The van der Waals surface area contributed by atoms with E-state index in [1.54, 1.807) is 6.07 Å². The number of aromatic nitrogens is 3. The summed E-state index contributed by atoms with van der Waals surface area (Å²) in [6.07, 6.45) is 4.21. The molecular formula is C10H10N6O3. The number of anilines is 1. The molecular weight excluding hydrogens is 252 g/mol. The van der Waals surface area contributed by atoms with Crippen molar-refractivity contribution in [1.29, 1.82) is 0 Å². The minimum Gasteiger partial charge on any atom is -0.479 e. The van der Waals surface area contributed by atoms with Crippen LogP contribution in [0, 0.1) is 10.1 Å². The van der Waals surface area contributed by atoms with E-state index >= 15 is 0 Å². The van der Waals surface area contributed by atoms with Crippen molar-refractivity contribution in [2.75, 3.05) is 5.43 Å². The fourth-order valence-electron chi connectivity index (χ4n) is 1.29. The third-order valence-electron chi connectivity index (χ3n) is 2.15. The lowest BCUT2D eigenvalue weighted by molar-refractivity contribution is -0.390. The van der Waals surface area contributed by atoms with E-state index in [2.05, 4.69) is 20.4 Å². The van der Waals surface area contributed by atoms with Crippen LogP contribution in [0.15, 0.2) is 30.7 Å². The normalized spacial score (nSPS) is 9.95. The Morgan fingerprint density at radius 2 is 2.21 bits per heavy atom.